The van der Waals surface area contributed by atoms with Crippen LogP contribution >= 0.6 is 0 Å². The molecule has 9 nitrogen and oxygen atoms in total. The zero-order valence-electron chi connectivity index (χ0n) is 15.4. The standard InChI is InChI=1S/C18H22N4O5/c1-4-7-27-15-8-12(5-6-14(15)26-3)10-19-22-16(23)9-13-11(2)20-18(25)21-17(13)24/h5-6,8,10H,4,7,9H2,1-3H3,(H,22,23)(H2,20,21,24,25)/b19-10-. The number of nitrogens with zero attached hydrogens (tertiary/aromatic N) is 1. The number of aryl methyl sites for hydroxylation is 1. The summed E-state index contributed by atoms with van der Waals surface area (Å²) in [6, 6.07) is 5.27. The first-order valence-electron chi connectivity index (χ1n) is 8.39. The molecule has 0 radical (unpaired) electrons. The average Bonchev–Trinajstić information content (AvgIpc) is 2.63. The molecule has 0 saturated heterocycles. The predicted molar refractivity (Wildman–Crippen MR) is 101 cm³/mol. The molecule has 0 saturated carbocycles. The van der Waals surface area contributed by atoms with E-state index in [9.17, 15) is 14.4 Å². The van der Waals surface area contributed by atoms with Gasteiger partial charge in [0.05, 0.1) is 26.4 Å². The van der Waals surface area contributed by atoms with E-state index in [1.165, 1.54) is 6.21 Å². The fraction of sp³-hybridized carbons (Fsp3) is 0.333. The largest absolute Gasteiger partial charge is 0.493 e. The van der Waals surface area contributed by atoms with Gasteiger partial charge in [0.2, 0.25) is 5.91 Å². The highest BCUT2D eigenvalue weighted by Gasteiger charge is 2.10. The summed E-state index contributed by atoms with van der Waals surface area (Å²) in [5.41, 5.74) is 2.38. The van der Waals surface area contributed by atoms with E-state index >= 15 is 0 Å². The molecule has 1 amide bonds. The molecule has 1 aromatic carbocycles. The van der Waals surface area contributed by atoms with Crippen LogP contribution in [-0.4, -0.2) is 35.8 Å². The van der Waals surface area contributed by atoms with E-state index in [4.69, 9.17) is 9.47 Å². The van der Waals surface area contributed by atoms with Crippen LogP contribution in [0.15, 0.2) is 32.9 Å². The molecule has 0 unspecified atom stereocenters. The smallest absolute Gasteiger partial charge is 0.325 e. The maximum atomic E-state index is 12.0. The third-order valence-corrected chi connectivity index (χ3v) is 3.64. The second-order valence-electron chi connectivity index (χ2n) is 5.74. The minimum Gasteiger partial charge on any atom is -0.493 e. The van der Waals surface area contributed by atoms with Crippen LogP contribution in [0.1, 0.15) is 30.2 Å². The molecular formula is C18H22N4O5. The van der Waals surface area contributed by atoms with Gasteiger partial charge in [-0.1, -0.05) is 6.92 Å². The van der Waals surface area contributed by atoms with Crippen molar-refractivity contribution in [2.24, 2.45) is 5.10 Å². The van der Waals surface area contributed by atoms with Crippen LogP contribution in [0.4, 0.5) is 0 Å². The Kier molecular flexibility index (Phi) is 6.93. The van der Waals surface area contributed by atoms with E-state index in [-0.39, 0.29) is 12.0 Å². The van der Waals surface area contributed by atoms with Crippen LogP contribution in [0.5, 0.6) is 11.5 Å². The van der Waals surface area contributed by atoms with Gasteiger partial charge in [0.1, 0.15) is 0 Å². The Morgan fingerprint density at radius 2 is 2.04 bits per heavy atom. The molecule has 0 aliphatic rings. The fourth-order valence-electron chi connectivity index (χ4n) is 2.32. The minimum atomic E-state index is -0.611. The van der Waals surface area contributed by atoms with Crippen LogP contribution < -0.4 is 26.1 Å². The van der Waals surface area contributed by atoms with Gasteiger partial charge in [-0.2, -0.15) is 5.10 Å². The van der Waals surface area contributed by atoms with Crippen LogP contribution in [0.3, 0.4) is 0 Å². The first-order chi connectivity index (χ1) is 12.9. The maximum absolute atomic E-state index is 12.0. The number of ether oxygens (including phenoxy) is 2. The highest BCUT2D eigenvalue weighted by molar-refractivity contribution is 5.84. The predicted octanol–water partition coefficient (Wildman–Crippen LogP) is 0.862. The Bertz CT molecular complexity index is 945. The molecule has 27 heavy (non-hydrogen) atoms. The van der Waals surface area contributed by atoms with Crippen molar-refractivity contribution in [1.82, 2.24) is 15.4 Å². The van der Waals surface area contributed by atoms with Gasteiger partial charge in [-0.15, -0.1) is 0 Å². The number of aromatic amines is 2. The lowest BCUT2D eigenvalue weighted by Crippen LogP contribution is -2.30. The first-order valence-corrected chi connectivity index (χ1v) is 8.39. The van der Waals surface area contributed by atoms with E-state index < -0.39 is 17.2 Å². The highest BCUT2D eigenvalue weighted by atomic mass is 16.5. The minimum absolute atomic E-state index is 0.182. The highest BCUT2D eigenvalue weighted by Crippen LogP contribution is 2.27. The van der Waals surface area contributed by atoms with Crippen LogP contribution in [0.25, 0.3) is 0 Å². The summed E-state index contributed by atoms with van der Waals surface area (Å²) in [5, 5.41) is 3.89. The molecule has 2 aromatic rings. The Labute approximate surface area is 155 Å². The summed E-state index contributed by atoms with van der Waals surface area (Å²) in [6.45, 7) is 4.11. The van der Waals surface area contributed by atoms with Crippen LogP contribution in [-0.2, 0) is 11.2 Å². The number of H-pyrrole nitrogens is 2. The van der Waals surface area contributed by atoms with Gasteiger partial charge >= 0.3 is 5.69 Å². The number of hydrogen-bond acceptors (Lipinski definition) is 6. The van der Waals surface area contributed by atoms with Gasteiger partial charge in [-0.25, -0.2) is 10.2 Å². The number of carbonyl (C=O) groups excluding carboxylic acids is 1. The Hall–Kier alpha value is -3.36. The maximum Gasteiger partial charge on any atom is 0.325 e. The lowest BCUT2D eigenvalue weighted by atomic mass is 10.1. The number of aromatic nitrogens is 2. The molecule has 0 spiro atoms. The average molecular weight is 374 g/mol. The summed E-state index contributed by atoms with van der Waals surface area (Å²) >= 11 is 0. The van der Waals surface area contributed by atoms with Crippen molar-refractivity contribution in [1.29, 1.82) is 0 Å². The second kappa shape index (κ2) is 9.37. The molecule has 1 aromatic heterocycles. The summed E-state index contributed by atoms with van der Waals surface area (Å²) in [5.74, 6) is 0.713. The van der Waals surface area contributed by atoms with E-state index in [2.05, 4.69) is 20.5 Å². The summed E-state index contributed by atoms with van der Waals surface area (Å²) < 4.78 is 10.9. The summed E-state index contributed by atoms with van der Waals surface area (Å²) in [4.78, 5) is 39.4. The molecule has 0 aliphatic heterocycles. The number of rotatable bonds is 8. The van der Waals surface area contributed by atoms with Crippen molar-refractivity contribution in [3.05, 3.63) is 55.9 Å². The molecule has 9 heteroatoms. The van der Waals surface area contributed by atoms with Crippen molar-refractivity contribution >= 4 is 12.1 Å². The SMILES string of the molecule is CCCOc1cc(/C=N\NC(=O)Cc2c(C)[nH]c(=O)[nH]c2=O)ccc1OC. The van der Waals surface area contributed by atoms with Gasteiger partial charge in [0.15, 0.2) is 11.5 Å². The van der Waals surface area contributed by atoms with Crippen LogP contribution in [0.2, 0.25) is 0 Å². The molecule has 0 aliphatic carbocycles. The number of carbonyl (C=O) groups is 1. The normalized spacial score (nSPS) is 10.8. The van der Waals surface area contributed by atoms with E-state index in [0.29, 0.717) is 29.4 Å². The molecule has 0 fully saturated rings. The van der Waals surface area contributed by atoms with E-state index in [1.807, 2.05) is 6.92 Å². The third kappa shape index (κ3) is 5.56. The molecule has 144 valence electrons. The molecule has 0 bridgehead atoms. The summed E-state index contributed by atoms with van der Waals surface area (Å²) in [7, 11) is 1.56. The number of hydrazone groups is 1. The number of benzene rings is 1. The molecule has 3 N–H and O–H groups in total. The number of methoxy groups -OCH3 is 1. The van der Waals surface area contributed by atoms with Gasteiger partial charge in [0.25, 0.3) is 5.56 Å². The molecule has 1 heterocycles. The van der Waals surface area contributed by atoms with Gasteiger partial charge in [-0.3, -0.25) is 14.6 Å². The third-order valence-electron chi connectivity index (χ3n) is 3.64. The van der Waals surface area contributed by atoms with Crippen molar-refractivity contribution in [3.63, 3.8) is 0 Å². The van der Waals surface area contributed by atoms with Gasteiger partial charge in [-0.05, 0) is 37.1 Å². The van der Waals surface area contributed by atoms with Gasteiger partial charge < -0.3 is 14.5 Å². The van der Waals surface area contributed by atoms with Gasteiger partial charge in [0, 0.05) is 11.3 Å². The molecular weight excluding hydrogens is 352 g/mol. The van der Waals surface area contributed by atoms with Crippen molar-refractivity contribution < 1.29 is 14.3 Å². The number of nitrogens with one attached hydrogen (secondary N) is 3. The lowest BCUT2D eigenvalue weighted by molar-refractivity contribution is -0.120. The number of hydrogen-bond donors (Lipinski definition) is 3. The van der Waals surface area contributed by atoms with Crippen molar-refractivity contribution in [2.45, 2.75) is 26.7 Å². The zero-order valence-corrected chi connectivity index (χ0v) is 15.4. The second-order valence-corrected chi connectivity index (χ2v) is 5.74. The monoisotopic (exact) mass is 374 g/mol. The zero-order chi connectivity index (χ0) is 19.8. The van der Waals surface area contributed by atoms with E-state index in [0.717, 1.165) is 6.42 Å². The molecule has 2 rings (SSSR count). The van der Waals surface area contributed by atoms with Crippen LogP contribution in [0, 0.1) is 6.92 Å². The quantitative estimate of drug-likeness (QED) is 0.467. The summed E-state index contributed by atoms with van der Waals surface area (Å²) in [6.07, 6.45) is 2.11. The first kappa shape index (κ1) is 20.0. The van der Waals surface area contributed by atoms with Crippen molar-refractivity contribution in [2.75, 3.05) is 13.7 Å². The Balaban J connectivity index is 2.03. The van der Waals surface area contributed by atoms with Crippen molar-refractivity contribution in [3.8, 4) is 11.5 Å². The molecule has 0 atom stereocenters. The topological polar surface area (TPSA) is 126 Å². The lowest BCUT2D eigenvalue weighted by Gasteiger charge is -2.10. The Morgan fingerprint density at radius 3 is 2.70 bits per heavy atom. The Morgan fingerprint density at radius 1 is 1.26 bits per heavy atom. The fourth-order valence-corrected chi connectivity index (χ4v) is 2.32. The number of amides is 1. The van der Waals surface area contributed by atoms with E-state index in [1.54, 1.807) is 32.2 Å².